The van der Waals surface area contributed by atoms with Gasteiger partial charge in [0.15, 0.2) is 11.6 Å². The third kappa shape index (κ3) is 3.71. The van der Waals surface area contributed by atoms with E-state index in [4.69, 9.17) is 9.47 Å². The van der Waals surface area contributed by atoms with Crippen molar-refractivity contribution in [2.75, 3.05) is 6.61 Å². The number of aromatic nitrogens is 3. The molecule has 3 aromatic carbocycles. The van der Waals surface area contributed by atoms with Crippen molar-refractivity contribution in [3.63, 3.8) is 0 Å². The molecule has 9 heteroatoms. The molecule has 5 nitrogen and oxygen atoms in total. The Morgan fingerprint density at radius 3 is 2.69 bits per heavy atom. The number of imidazole rings is 1. The second-order valence-electron chi connectivity index (χ2n) is 10.4. The molecule has 5 aromatic rings. The zero-order valence-corrected chi connectivity index (χ0v) is 20.9. The van der Waals surface area contributed by atoms with Gasteiger partial charge in [-0.1, -0.05) is 18.2 Å². The summed E-state index contributed by atoms with van der Waals surface area (Å²) in [5.41, 5.74) is 2.38. The van der Waals surface area contributed by atoms with Gasteiger partial charge in [0.1, 0.15) is 23.1 Å². The second kappa shape index (κ2) is 8.62. The van der Waals surface area contributed by atoms with Gasteiger partial charge < -0.3 is 19.4 Å². The van der Waals surface area contributed by atoms with Crippen molar-refractivity contribution < 1.29 is 27.0 Å². The molecule has 1 aliphatic heterocycles. The Hall–Kier alpha value is -4.27. The van der Waals surface area contributed by atoms with Gasteiger partial charge in [0, 0.05) is 34.5 Å². The predicted molar refractivity (Wildman–Crippen MR) is 137 cm³/mol. The Morgan fingerprint density at radius 1 is 1.03 bits per heavy atom. The topological polar surface area (TPSA) is 62.9 Å². The first-order valence-electron chi connectivity index (χ1n) is 12.8. The van der Waals surface area contributed by atoms with Gasteiger partial charge in [-0.15, -0.1) is 0 Å². The fourth-order valence-corrected chi connectivity index (χ4v) is 5.50. The molecule has 1 atom stereocenters. The van der Waals surface area contributed by atoms with Crippen LogP contribution in [0.15, 0.2) is 54.9 Å². The number of nitrogens with zero attached hydrogens (tertiary/aromatic N) is 1. The van der Waals surface area contributed by atoms with Gasteiger partial charge in [0.05, 0.1) is 17.7 Å². The van der Waals surface area contributed by atoms with E-state index in [1.807, 2.05) is 6.07 Å². The van der Waals surface area contributed by atoms with Crippen molar-refractivity contribution in [3.05, 3.63) is 94.9 Å². The first-order chi connectivity index (χ1) is 18.8. The van der Waals surface area contributed by atoms with Crippen molar-refractivity contribution in [3.8, 4) is 28.6 Å². The number of benzene rings is 3. The van der Waals surface area contributed by atoms with E-state index in [1.54, 1.807) is 6.20 Å². The largest absolute Gasteiger partial charge is 0.493 e. The summed E-state index contributed by atoms with van der Waals surface area (Å²) in [6.07, 6.45) is 5.99. The summed E-state index contributed by atoms with van der Waals surface area (Å²) < 4.78 is 70.5. The van der Waals surface area contributed by atoms with Crippen LogP contribution in [0.5, 0.6) is 17.2 Å². The molecule has 0 saturated heterocycles. The van der Waals surface area contributed by atoms with Crippen LogP contribution in [0.3, 0.4) is 0 Å². The van der Waals surface area contributed by atoms with E-state index in [-0.39, 0.29) is 28.0 Å². The Labute approximate surface area is 220 Å². The third-order valence-corrected chi connectivity index (χ3v) is 7.88. The van der Waals surface area contributed by atoms with Gasteiger partial charge in [-0.25, -0.2) is 18.2 Å². The number of nitrogens with one attached hydrogen (secondary N) is 2. The minimum Gasteiger partial charge on any atom is -0.493 e. The molecule has 0 bridgehead atoms. The fourth-order valence-electron chi connectivity index (χ4n) is 5.50. The average Bonchev–Trinajstić information content (AvgIpc) is 3.44. The summed E-state index contributed by atoms with van der Waals surface area (Å²) in [6.45, 7) is 2.65. The first kappa shape index (κ1) is 23.8. The van der Waals surface area contributed by atoms with Crippen molar-refractivity contribution in [2.24, 2.45) is 0 Å². The standard InChI is InChI=1S/C30H23F4N3O2/c1-30(10-12-38-27-17(15-5-6-15)3-2-4-20(27)30)22-14-36-29(37-22)19-13-16(7-8-21(19)31)39-28-23(32)18-9-11-35-26(18)24(33)25(28)34/h2-4,7-9,11,13-15,35H,5-6,10,12H2,1H3,(H,36,37)/t30-/m0/s1. The van der Waals surface area contributed by atoms with Crippen LogP contribution in [0.2, 0.25) is 0 Å². The Morgan fingerprint density at radius 2 is 1.87 bits per heavy atom. The molecular weight excluding hydrogens is 510 g/mol. The number of H-pyrrole nitrogens is 2. The van der Waals surface area contributed by atoms with Crippen LogP contribution in [-0.4, -0.2) is 21.6 Å². The number of aromatic amines is 2. The van der Waals surface area contributed by atoms with Crippen LogP contribution < -0.4 is 9.47 Å². The highest BCUT2D eigenvalue weighted by atomic mass is 19.2. The summed E-state index contributed by atoms with van der Waals surface area (Å²) in [7, 11) is 0. The van der Waals surface area contributed by atoms with Gasteiger partial charge in [-0.3, -0.25) is 0 Å². The molecule has 2 aromatic heterocycles. The van der Waals surface area contributed by atoms with E-state index >= 15 is 0 Å². The van der Waals surface area contributed by atoms with Crippen LogP contribution in [0, 0.1) is 23.3 Å². The highest BCUT2D eigenvalue weighted by Gasteiger charge is 2.40. The summed E-state index contributed by atoms with van der Waals surface area (Å²) in [5, 5.41) is -0.156. The molecule has 39 heavy (non-hydrogen) atoms. The number of hydrogen-bond acceptors (Lipinski definition) is 3. The van der Waals surface area contributed by atoms with Crippen molar-refractivity contribution >= 4 is 10.9 Å². The van der Waals surface area contributed by atoms with Crippen LogP contribution in [0.4, 0.5) is 17.6 Å². The average molecular weight is 534 g/mol. The first-order valence-corrected chi connectivity index (χ1v) is 12.8. The van der Waals surface area contributed by atoms with E-state index in [1.165, 1.54) is 30.0 Å². The SMILES string of the molecule is C[C@]1(c2cnc(-c3cc(Oc4c(F)c(F)c5[nH]ccc5c4F)ccc3F)[nH]2)CCOc2c(C3CC3)cccc21. The molecule has 3 heterocycles. The zero-order valence-electron chi connectivity index (χ0n) is 20.9. The summed E-state index contributed by atoms with van der Waals surface area (Å²) in [4.78, 5) is 10.2. The zero-order chi connectivity index (χ0) is 26.9. The Balaban J connectivity index is 1.25. The summed E-state index contributed by atoms with van der Waals surface area (Å²) >= 11 is 0. The van der Waals surface area contributed by atoms with Crippen LogP contribution in [0.25, 0.3) is 22.3 Å². The molecule has 0 amide bonds. The highest BCUT2D eigenvalue weighted by molar-refractivity contribution is 5.82. The second-order valence-corrected chi connectivity index (χ2v) is 10.4. The molecule has 2 N–H and O–H groups in total. The smallest absolute Gasteiger partial charge is 0.206 e. The number of fused-ring (bicyclic) bond motifs is 2. The lowest BCUT2D eigenvalue weighted by Gasteiger charge is -2.36. The quantitative estimate of drug-likeness (QED) is 0.179. The molecule has 7 rings (SSSR count). The molecule has 0 radical (unpaired) electrons. The van der Waals surface area contributed by atoms with E-state index in [2.05, 4.69) is 34.0 Å². The van der Waals surface area contributed by atoms with E-state index in [9.17, 15) is 17.6 Å². The molecular formula is C30H23F4N3O2. The van der Waals surface area contributed by atoms with E-state index < -0.39 is 34.4 Å². The normalized spacial score (nSPS) is 18.7. The molecule has 1 aliphatic carbocycles. The lowest BCUT2D eigenvalue weighted by Crippen LogP contribution is -2.32. The predicted octanol–water partition coefficient (Wildman–Crippen LogP) is 7.87. The van der Waals surface area contributed by atoms with Gasteiger partial charge >= 0.3 is 0 Å². The number of rotatable bonds is 5. The Kier molecular flexibility index (Phi) is 5.27. The third-order valence-electron chi connectivity index (χ3n) is 7.88. The Bertz CT molecular complexity index is 1760. The molecule has 2 aliphatic rings. The van der Waals surface area contributed by atoms with Crippen LogP contribution in [0.1, 0.15) is 48.9 Å². The van der Waals surface area contributed by atoms with E-state index in [0.29, 0.717) is 18.9 Å². The van der Waals surface area contributed by atoms with Crippen molar-refractivity contribution in [1.29, 1.82) is 0 Å². The minimum atomic E-state index is -1.48. The maximum absolute atomic E-state index is 15.0. The molecule has 0 unspecified atom stereocenters. The van der Waals surface area contributed by atoms with Gasteiger partial charge in [-0.05, 0) is 61.9 Å². The molecule has 198 valence electrons. The summed E-state index contributed by atoms with van der Waals surface area (Å²) in [5.74, 6) is -3.72. The van der Waals surface area contributed by atoms with Crippen molar-refractivity contribution in [2.45, 2.75) is 37.5 Å². The number of ether oxygens (including phenoxy) is 2. The highest BCUT2D eigenvalue weighted by Crippen LogP contribution is 2.51. The number of hydrogen-bond donors (Lipinski definition) is 2. The van der Waals surface area contributed by atoms with Crippen LogP contribution in [-0.2, 0) is 5.41 Å². The molecule has 0 spiro atoms. The molecule has 1 fully saturated rings. The maximum atomic E-state index is 15.0. The van der Waals surface area contributed by atoms with Gasteiger partial charge in [-0.2, -0.15) is 4.39 Å². The fraction of sp³-hybridized carbons (Fsp3) is 0.233. The number of para-hydroxylation sites is 1. The van der Waals surface area contributed by atoms with Gasteiger partial charge in [0.2, 0.25) is 11.6 Å². The minimum absolute atomic E-state index is 0.0466. The van der Waals surface area contributed by atoms with Crippen molar-refractivity contribution in [1.82, 2.24) is 15.0 Å². The lowest BCUT2D eigenvalue weighted by molar-refractivity contribution is 0.239. The van der Waals surface area contributed by atoms with E-state index in [0.717, 1.165) is 35.9 Å². The van der Waals surface area contributed by atoms with Gasteiger partial charge in [0.25, 0.3) is 0 Å². The summed E-state index contributed by atoms with van der Waals surface area (Å²) in [6, 6.07) is 11.1. The number of halogens is 4. The molecule has 1 saturated carbocycles. The lowest BCUT2D eigenvalue weighted by atomic mass is 9.74. The maximum Gasteiger partial charge on any atom is 0.206 e. The monoisotopic (exact) mass is 533 g/mol. The van der Waals surface area contributed by atoms with Crippen LogP contribution >= 0.6 is 0 Å².